The van der Waals surface area contributed by atoms with E-state index in [1.807, 2.05) is 31.6 Å². The highest BCUT2D eigenvalue weighted by molar-refractivity contribution is 5.00. The summed E-state index contributed by atoms with van der Waals surface area (Å²) in [6, 6.07) is 2.01. The van der Waals surface area contributed by atoms with Crippen molar-refractivity contribution in [2.24, 2.45) is 13.0 Å². The van der Waals surface area contributed by atoms with E-state index in [0.29, 0.717) is 12.5 Å². The molecule has 0 bridgehead atoms. The molecule has 0 aliphatic carbocycles. The van der Waals surface area contributed by atoms with Gasteiger partial charge in [0.15, 0.2) is 0 Å². The highest BCUT2D eigenvalue weighted by atomic mass is 16.3. The molecule has 0 saturated carbocycles. The molecule has 1 aromatic heterocycles. The van der Waals surface area contributed by atoms with Crippen LogP contribution in [0.4, 0.5) is 0 Å². The first-order valence-corrected chi connectivity index (χ1v) is 5.47. The normalized spacial score (nSPS) is 13.4. The molecule has 1 atom stereocenters. The average Bonchev–Trinajstić information content (AvgIpc) is 2.58. The first-order chi connectivity index (χ1) is 7.11. The summed E-state index contributed by atoms with van der Waals surface area (Å²) in [7, 11) is 1.94. The van der Waals surface area contributed by atoms with Crippen LogP contribution in [0.5, 0.6) is 0 Å². The van der Waals surface area contributed by atoms with Crippen LogP contribution >= 0.6 is 0 Å². The van der Waals surface area contributed by atoms with Gasteiger partial charge in [-0.25, -0.2) is 0 Å². The molecule has 1 heterocycles. The lowest BCUT2D eigenvalue weighted by molar-refractivity contribution is 0.124. The van der Waals surface area contributed by atoms with Crippen LogP contribution < -0.4 is 5.32 Å². The number of aliphatic hydroxyl groups is 1. The molecule has 0 aliphatic rings. The summed E-state index contributed by atoms with van der Waals surface area (Å²) in [4.78, 5) is 0. The van der Waals surface area contributed by atoms with Crippen molar-refractivity contribution in [1.82, 2.24) is 15.1 Å². The van der Waals surface area contributed by atoms with Crippen LogP contribution in [0.25, 0.3) is 0 Å². The summed E-state index contributed by atoms with van der Waals surface area (Å²) in [5, 5.41) is 16.9. The molecule has 4 heteroatoms. The zero-order valence-electron chi connectivity index (χ0n) is 9.77. The van der Waals surface area contributed by atoms with E-state index in [1.165, 1.54) is 5.69 Å². The van der Waals surface area contributed by atoms with Gasteiger partial charge in [-0.15, -0.1) is 0 Å². The van der Waals surface area contributed by atoms with Crippen molar-refractivity contribution in [1.29, 1.82) is 0 Å². The smallest absolute Gasteiger partial charge is 0.0687 e. The Balaban J connectivity index is 2.15. The number of hydrogen-bond donors (Lipinski definition) is 2. The molecule has 0 aromatic carbocycles. The third-order valence-corrected chi connectivity index (χ3v) is 2.60. The van der Waals surface area contributed by atoms with Crippen LogP contribution in [0, 0.1) is 5.92 Å². The fourth-order valence-corrected chi connectivity index (χ4v) is 1.35. The van der Waals surface area contributed by atoms with E-state index in [4.69, 9.17) is 0 Å². The fourth-order valence-electron chi connectivity index (χ4n) is 1.35. The molecule has 1 unspecified atom stereocenters. The summed E-state index contributed by atoms with van der Waals surface area (Å²) >= 11 is 0. The largest absolute Gasteiger partial charge is 0.392 e. The van der Waals surface area contributed by atoms with Crippen LogP contribution in [-0.2, 0) is 13.5 Å². The van der Waals surface area contributed by atoms with Crippen molar-refractivity contribution < 1.29 is 5.11 Å². The number of nitrogens with one attached hydrogen (secondary N) is 1. The van der Waals surface area contributed by atoms with Gasteiger partial charge in [-0.05, 0) is 12.0 Å². The minimum absolute atomic E-state index is 0.253. The zero-order chi connectivity index (χ0) is 11.3. The van der Waals surface area contributed by atoms with E-state index >= 15 is 0 Å². The fraction of sp³-hybridized carbons (Fsp3) is 0.727. The number of nitrogens with zero attached hydrogens (tertiary/aromatic N) is 2. The third kappa shape index (κ3) is 4.01. The van der Waals surface area contributed by atoms with Crippen LogP contribution in [-0.4, -0.2) is 34.1 Å². The molecule has 86 valence electrons. The predicted octanol–water partition coefficient (Wildman–Crippen LogP) is 0.569. The third-order valence-electron chi connectivity index (χ3n) is 2.60. The minimum Gasteiger partial charge on any atom is -0.392 e. The van der Waals surface area contributed by atoms with Crippen molar-refractivity contribution in [3.8, 4) is 0 Å². The topological polar surface area (TPSA) is 50.1 Å². The van der Waals surface area contributed by atoms with E-state index in [-0.39, 0.29) is 6.10 Å². The van der Waals surface area contributed by atoms with E-state index in [2.05, 4.69) is 10.4 Å². The van der Waals surface area contributed by atoms with Gasteiger partial charge in [0.05, 0.1) is 6.10 Å². The SMILES string of the molecule is CC(C)C(O)CNCCc1ccnn1C. The molecule has 1 rings (SSSR count). The van der Waals surface area contributed by atoms with Crippen molar-refractivity contribution in [2.45, 2.75) is 26.4 Å². The Morgan fingerprint density at radius 1 is 1.53 bits per heavy atom. The van der Waals surface area contributed by atoms with E-state index in [0.717, 1.165) is 13.0 Å². The molecular weight excluding hydrogens is 190 g/mol. The molecule has 0 saturated heterocycles. The zero-order valence-corrected chi connectivity index (χ0v) is 9.77. The highest BCUT2D eigenvalue weighted by Crippen LogP contribution is 1.99. The Bertz CT molecular complexity index is 283. The van der Waals surface area contributed by atoms with Gasteiger partial charge in [0, 0.05) is 38.4 Å². The molecule has 4 nitrogen and oxygen atoms in total. The van der Waals surface area contributed by atoms with Gasteiger partial charge in [0.1, 0.15) is 0 Å². The molecule has 0 spiro atoms. The van der Waals surface area contributed by atoms with Gasteiger partial charge in [-0.3, -0.25) is 4.68 Å². The maximum atomic E-state index is 9.56. The molecule has 0 radical (unpaired) electrons. The standard InChI is InChI=1S/C11H21N3O/c1-9(2)11(15)8-12-6-4-10-5-7-13-14(10)3/h5,7,9,11-12,15H,4,6,8H2,1-3H3. The van der Waals surface area contributed by atoms with Gasteiger partial charge < -0.3 is 10.4 Å². The Kier molecular flexibility index (Phi) is 4.78. The Morgan fingerprint density at radius 3 is 2.80 bits per heavy atom. The lowest BCUT2D eigenvalue weighted by Gasteiger charge is -2.14. The maximum Gasteiger partial charge on any atom is 0.0687 e. The van der Waals surface area contributed by atoms with Crippen molar-refractivity contribution >= 4 is 0 Å². The average molecular weight is 211 g/mol. The molecule has 15 heavy (non-hydrogen) atoms. The van der Waals surface area contributed by atoms with Gasteiger partial charge in [0.2, 0.25) is 0 Å². The highest BCUT2D eigenvalue weighted by Gasteiger charge is 2.07. The molecule has 2 N–H and O–H groups in total. The molecule has 0 amide bonds. The second kappa shape index (κ2) is 5.88. The lowest BCUT2D eigenvalue weighted by Crippen LogP contribution is -2.31. The van der Waals surface area contributed by atoms with Crippen molar-refractivity contribution in [3.05, 3.63) is 18.0 Å². The summed E-state index contributed by atoms with van der Waals surface area (Å²) < 4.78 is 1.88. The van der Waals surface area contributed by atoms with Crippen LogP contribution in [0.2, 0.25) is 0 Å². The summed E-state index contributed by atoms with van der Waals surface area (Å²) in [6.07, 6.45) is 2.50. The van der Waals surface area contributed by atoms with Gasteiger partial charge in [-0.1, -0.05) is 13.8 Å². The Hall–Kier alpha value is -0.870. The minimum atomic E-state index is -0.253. The number of hydrogen-bond acceptors (Lipinski definition) is 3. The first-order valence-electron chi connectivity index (χ1n) is 5.47. The maximum absolute atomic E-state index is 9.56. The number of aliphatic hydroxyl groups excluding tert-OH is 1. The second-order valence-corrected chi connectivity index (χ2v) is 4.21. The monoisotopic (exact) mass is 211 g/mol. The first kappa shape index (κ1) is 12.2. The van der Waals surface area contributed by atoms with Crippen molar-refractivity contribution in [3.63, 3.8) is 0 Å². The lowest BCUT2D eigenvalue weighted by atomic mass is 10.1. The van der Waals surface area contributed by atoms with Gasteiger partial charge in [-0.2, -0.15) is 5.10 Å². The molecule has 0 fully saturated rings. The summed E-state index contributed by atoms with van der Waals surface area (Å²) in [6.45, 7) is 5.58. The van der Waals surface area contributed by atoms with E-state index in [1.54, 1.807) is 6.20 Å². The van der Waals surface area contributed by atoms with E-state index < -0.39 is 0 Å². The Labute approximate surface area is 91.3 Å². The van der Waals surface area contributed by atoms with Crippen LogP contribution in [0.15, 0.2) is 12.3 Å². The van der Waals surface area contributed by atoms with Gasteiger partial charge in [0.25, 0.3) is 0 Å². The molecule has 0 aliphatic heterocycles. The van der Waals surface area contributed by atoms with Gasteiger partial charge >= 0.3 is 0 Å². The molecular formula is C11H21N3O. The number of rotatable bonds is 6. The predicted molar refractivity (Wildman–Crippen MR) is 60.6 cm³/mol. The molecule has 1 aromatic rings. The van der Waals surface area contributed by atoms with Crippen LogP contribution in [0.3, 0.4) is 0 Å². The summed E-state index contributed by atoms with van der Waals surface area (Å²) in [5.74, 6) is 0.314. The quantitative estimate of drug-likeness (QED) is 0.676. The summed E-state index contributed by atoms with van der Waals surface area (Å²) in [5.41, 5.74) is 1.21. The number of aromatic nitrogens is 2. The second-order valence-electron chi connectivity index (χ2n) is 4.21. The Morgan fingerprint density at radius 2 is 2.27 bits per heavy atom. The van der Waals surface area contributed by atoms with E-state index in [9.17, 15) is 5.11 Å². The number of aryl methyl sites for hydroxylation is 1. The van der Waals surface area contributed by atoms with Crippen LogP contribution in [0.1, 0.15) is 19.5 Å². The van der Waals surface area contributed by atoms with Crippen molar-refractivity contribution in [2.75, 3.05) is 13.1 Å².